The van der Waals surface area contributed by atoms with Crippen LogP contribution in [-0.2, 0) is 13.0 Å². The minimum atomic E-state index is -0.183. The zero-order chi connectivity index (χ0) is 24.6. The van der Waals surface area contributed by atoms with Crippen LogP contribution in [0.1, 0.15) is 66.5 Å². The van der Waals surface area contributed by atoms with Crippen LogP contribution in [-0.4, -0.2) is 28.6 Å². The summed E-state index contributed by atoms with van der Waals surface area (Å²) in [5.74, 6) is 2.66. The highest BCUT2D eigenvalue weighted by atomic mass is 16.5. The van der Waals surface area contributed by atoms with Crippen LogP contribution in [0.3, 0.4) is 0 Å². The smallest absolute Gasteiger partial charge is 0.286 e. The molecule has 0 saturated heterocycles. The number of aryl methyl sites for hydroxylation is 3. The first-order valence-corrected chi connectivity index (χ1v) is 12.5. The fourth-order valence-corrected chi connectivity index (χ4v) is 4.31. The molecule has 4 aromatic rings. The van der Waals surface area contributed by atoms with Gasteiger partial charge in [-0.15, -0.1) is 0 Å². The van der Waals surface area contributed by atoms with Crippen molar-refractivity contribution in [3.63, 3.8) is 0 Å². The second kappa shape index (κ2) is 11.7. The predicted octanol–water partition coefficient (Wildman–Crippen LogP) is 6.28. The third kappa shape index (κ3) is 6.32. The van der Waals surface area contributed by atoms with Crippen LogP contribution in [0, 0.1) is 6.92 Å². The van der Waals surface area contributed by atoms with Gasteiger partial charge in [0, 0.05) is 19.5 Å². The van der Waals surface area contributed by atoms with E-state index in [2.05, 4.69) is 67.1 Å². The number of hydrogen-bond donors (Lipinski definition) is 1. The lowest BCUT2D eigenvalue weighted by Gasteiger charge is -2.15. The molecule has 0 unspecified atom stereocenters. The van der Waals surface area contributed by atoms with Crippen molar-refractivity contribution in [1.29, 1.82) is 0 Å². The van der Waals surface area contributed by atoms with Crippen molar-refractivity contribution < 1.29 is 13.9 Å². The Morgan fingerprint density at radius 3 is 2.74 bits per heavy atom. The summed E-state index contributed by atoms with van der Waals surface area (Å²) in [7, 11) is 0. The molecule has 6 nitrogen and oxygen atoms in total. The van der Waals surface area contributed by atoms with Gasteiger partial charge in [-0.05, 0) is 73.6 Å². The largest absolute Gasteiger partial charge is 0.493 e. The number of para-hydroxylation sites is 2. The summed E-state index contributed by atoms with van der Waals surface area (Å²) in [6.45, 7) is 8.67. The molecule has 0 radical (unpaired) electrons. The van der Waals surface area contributed by atoms with Crippen LogP contribution in [0.5, 0.6) is 5.75 Å². The van der Waals surface area contributed by atoms with Crippen LogP contribution in [0.4, 0.5) is 0 Å². The van der Waals surface area contributed by atoms with Crippen LogP contribution >= 0.6 is 0 Å². The summed E-state index contributed by atoms with van der Waals surface area (Å²) >= 11 is 0. The molecule has 6 heteroatoms. The number of hydrogen-bond acceptors (Lipinski definition) is 4. The van der Waals surface area contributed by atoms with E-state index >= 15 is 0 Å². The monoisotopic (exact) mass is 473 g/mol. The quantitative estimate of drug-likeness (QED) is 0.246. The average molecular weight is 474 g/mol. The molecule has 35 heavy (non-hydrogen) atoms. The standard InChI is InChI=1S/C29H35N3O3/c1-21(2)23-15-14-22(3)20-27(23)35-18-7-6-17-32-25-11-5-4-10-24(25)31-28(32)13-8-16-30-29(33)26-12-9-19-34-26/h4-5,9-12,14-15,19-21H,6-8,13,16-18H2,1-3H3,(H,30,33). The normalized spacial score (nSPS) is 11.3. The molecule has 0 aliphatic carbocycles. The fourth-order valence-electron chi connectivity index (χ4n) is 4.31. The first-order valence-electron chi connectivity index (χ1n) is 12.5. The van der Waals surface area contributed by atoms with Crippen molar-refractivity contribution in [1.82, 2.24) is 14.9 Å². The van der Waals surface area contributed by atoms with E-state index in [-0.39, 0.29) is 5.91 Å². The molecule has 2 aromatic heterocycles. The summed E-state index contributed by atoms with van der Waals surface area (Å²) in [6, 6.07) is 18.1. The molecule has 184 valence electrons. The number of rotatable bonds is 12. The summed E-state index contributed by atoms with van der Waals surface area (Å²) in [6.07, 6.45) is 5.09. The summed E-state index contributed by atoms with van der Waals surface area (Å²) < 4.78 is 13.6. The Balaban J connectivity index is 1.31. The number of nitrogens with zero attached hydrogens (tertiary/aromatic N) is 2. The molecule has 4 rings (SSSR count). The number of ether oxygens (including phenoxy) is 1. The summed E-state index contributed by atoms with van der Waals surface area (Å²) in [5.41, 5.74) is 4.65. The highest BCUT2D eigenvalue weighted by molar-refractivity contribution is 5.91. The fraction of sp³-hybridized carbons (Fsp3) is 0.379. The van der Waals surface area contributed by atoms with Crippen molar-refractivity contribution in [2.24, 2.45) is 0 Å². The Kier molecular flexibility index (Phi) is 8.24. The summed E-state index contributed by atoms with van der Waals surface area (Å²) in [4.78, 5) is 16.9. The maximum atomic E-state index is 12.1. The molecular formula is C29H35N3O3. The lowest BCUT2D eigenvalue weighted by Crippen LogP contribution is -2.24. The maximum Gasteiger partial charge on any atom is 0.286 e. The minimum Gasteiger partial charge on any atom is -0.493 e. The number of carbonyl (C=O) groups excluding carboxylic acids is 1. The number of nitrogens with one attached hydrogen (secondary N) is 1. The van der Waals surface area contributed by atoms with E-state index in [0.717, 1.165) is 54.8 Å². The van der Waals surface area contributed by atoms with E-state index < -0.39 is 0 Å². The van der Waals surface area contributed by atoms with Gasteiger partial charge in [0.05, 0.1) is 23.9 Å². The van der Waals surface area contributed by atoms with Crippen molar-refractivity contribution in [3.8, 4) is 5.75 Å². The van der Waals surface area contributed by atoms with Crippen LogP contribution in [0.15, 0.2) is 65.3 Å². The van der Waals surface area contributed by atoms with Crippen molar-refractivity contribution in [3.05, 3.63) is 83.6 Å². The molecule has 0 bridgehead atoms. The molecule has 0 atom stereocenters. The lowest BCUT2D eigenvalue weighted by atomic mass is 10.0. The SMILES string of the molecule is Cc1ccc(C(C)C)c(OCCCCn2c(CCCNC(=O)c3ccco3)nc3ccccc32)c1. The molecule has 0 fully saturated rings. The molecule has 1 N–H and O–H groups in total. The van der Waals surface area contributed by atoms with Crippen molar-refractivity contribution in [2.75, 3.05) is 13.2 Å². The Hall–Kier alpha value is -3.54. The van der Waals surface area contributed by atoms with Gasteiger partial charge in [0.2, 0.25) is 0 Å². The Morgan fingerprint density at radius 2 is 1.94 bits per heavy atom. The van der Waals surface area contributed by atoms with Gasteiger partial charge in [0.1, 0.15) is 11.6 Å². The Bertz CT molecular complexity index is 1240. The zero-order valence-corrected chi connectivity index (χ0v) is 20.9. The van der Waals surface area contributed by atoms with Crippen molar-refractivity contribution in [2.45, 2.75) is 58.9 Å². The number of fused-ring (bicyclic) bond motifs is 1. The van der Waals surface area contributed by atoms with Crippen LogP contribution in [0.25, 0.3) is 11.0 Å². The minimum absolute atomic E-state index is 0.183. The molecule has 0 spiro atoms. The Labute approximate surface area is 207 Å². The average Bonchev–Trinajstić information content (AvgIpc) is 3.50. The van der Waals surface area contributed by atoms with E-state index in [0.29, 0.717) is 24.8 Å². The van der Waals surface area contributed by atoms with Gasteiger partial charge in [-0.2, -0.15) is 0 Å². The van der Waals surface area contributed by atoms with Gasteiger partial charge in [0.25, 0.3) is 5.91 Å². The number of imidazole rings is 1. The first-order chi connectivity index (χ1) is 17.0. The molecule has 2 heterocycles. The van der Waals surface area contributed by atoms with E-state index in [1.165, 1.54) is 17.4 Å². The van der Waals surface area contributed by atoms with E-state index in [9.17, 15) is 4.79 Å². The number of carbonyl (C=O) groups is 1. The van der Waals surface area contributed by atoms with Gasteiger partial charge in [-0.3, -0.25) is 4.79 Å². The highest BCUT2D eigenvalue weighted by Gasteiger charge is 2.12. The lowest BCUT2D eigenvalue weighted by molar-refractivity contribution is 0.0925. The van der Waals surface area contributed by atoms with Gasteiger partial charge < -0.3 is 19.0 Å². The van der Waals surface area contributed by atoms with Gasteiger partial charge in [-0.25, -0.2) is 4.98 Å². The van der Waals surface area contributed by atoms with E-state index in [1.54, 1.807) is 12.1 Å². The van der Waals surface area contributed by atoms with Gasteiger partial charge in [-0.1, -0.05) is 38.1 Å². The number of furan rings is 1. The van der Waals surface area contributed by atoms with Crippen LogP contribution in [0.2, 0.25) is 0 Å². The second-order valence-corrected chi connectivity index (χ2v) is 9.26. The number of unbranched alkanes of at least 4 members (excludes halogenated alkanes) is 1. The number of aromatic nitrogens is 2. The van der Waals surface area contributed by atoms with E-state index in [4.69, 9.17) is 14.1 Å². The predicted molar refractivity (Wildman–Crippen MR) is 139 cm³/mol. The topological polar surface area (TPSA) is 69.3 Å². The molecule has 2 aromatic carbocycles. The number of benzene rings is 2. The second-order valence-electron chi connectivity index (χ2n) is 9.26. The maximum absolute atomic E-state index is 12.1. The van der Waals surface area contributed by atoms with Crippen LogP contribution < -0.4 is 10.1 Å². The van der Waals surface area contributed by atoms with Gasteiger partial charge >= 0.3 is 0 Å². The van der Waals surface area contributed by atoms with Gasteiger partial charge in [0.15, 0.2) is 5.76 Å². The molecule has 0 aliphatic rings. The summed E-state index contributed by atoms with van der Waals surface area (Å²) in [5, 5.41) is 2.91. The third-order valence-electron chi connectivity index (χ3n) is 6.17. The molecule has 1 amide bonds. The first kappa shape index (κ1) is 24.6. The zero-order valence-electron chi connectivity index (χ0n) is 20.9. The van der Waals surface area contributed by atoms with Crippen molar-refractivity contribution >= 4 is 16.9 Å². The molecule has 0 aliphatic heterocycles. The molecular weight excluding hydrogens is 438 g/mol. The van der Waals surface area contributed by atoms with E-state index in [1.807, 2.05) is 6.07 Å². The third-order valence-corrected chi connectivity index (χ3v) is 6.17. The molecule has 0 saturated carbocycles. The number of amides is 1. The Morgan fingerprint density at radius 1 is 1.09 bits per heavy atom. The highest BCUT2D eigenvalue weighted by Crippen LogP contribution is 2.27.